The molecule has 112 valence electrons. The zero-order chi connectivity index (χ0) is 15.1. The first kappa shape index (κ1) is 15.9. The van der Waals surface area contributed by atoms with Gasteiger partial charge in [-0.25, -0.2) is 0 Å². The summed E-state index contributed by atoms with van der Waals surface area (Å²) in [7, 11) is 1.67. The van der Waals surface area contributed by atoms with E-state index in [9.17, 15) is 0 Å². The number of nitrogens with two attached hydrogens (primary N) is 1. The Morgan fingerprint density at radius 3 is 2.48 bits per heavy atom. The lowest BCUT2D eigenvalue weighted by atomic mass is 10.1. The molecule has 21 heavy (non-hydrogen) atoms. The molecule has 0 fully saturated rings. The van der Waals surface area contributed by atoms with Crippen LogP contribution in [0, 0.1) is 0 Å². The second-order valence-corrected chi connectivity index (χ2v) is 5.65. The van der Waals surface area contributed by atoms with Crippen molar-refractivity contribution in [3.63, 3.8) is 0 Å². The third-order valence-electron chi connectivity index (χ3n) is 3.24. The van der Waals surface area contributed by atoms with E-state index in [0.717, 1.165) is 34.4 Å². The maximum absolute atomic E-state index is 5.90. The number of halogens is 1. The lowest BCUT2D eigenvalue weighted by Gasteiger charge is -2.12. The fourth-order valence-electron chi connectivity index (χ4n) is 2.11. The van der Waals surface area contributed by atoms with Crippen LogP contribution in [0.25, 0.3) is 0 Å². The Morgan fingerprint density at radius 2 is 1.81 bits per heavy atom. The Hall–Kier alpha value is -1.52. The summed E-state index contributed by atoms with van der Waals surface area (Å²) in [5.74, 6) is 1.79. The molecule has 0 amide bonds. The Kier molecular flexibility index (Phi) is 6.08. The van der Waals surface area contributed by atoms with Crippen LogP contribution in [-0.4, -0.2) is 20.3 Å². The highest BCUT2D eigenvalue weighted by Crippen LogP contribution is 2.24. The Bertz CT molecular complexity index is 570. The van der Waals surface area contributed by atoms with E-state index in [4.69, 9.17) is 15.2 Å². The van der Waals surface area contributed by atoms with Gasteiger partial charge in [0.05, 0.1) is 13.7 Å². The molecule has 0 saturated heterocycles. The van der Waals surface area contributed by atoms with Crippen LogP contribution >= 0.6 is 15.9 Å². The van der Waals surface area contributed by atoms with E-state index in [-0.39, 0.29) is 0 Å². The molecule has 0 aromatic heterocycles. The smallest absolute Gasteiger partial charge is 0.122 e. The third kappa shape index (κ3) is 4.76. The maximum Gasteiger partial charge on any atom is 0.122 e. The van der Waals surface area contributed by atoms with E-state index in [1.54, 1.807) is 7.11 Å². The quantitative estimate of drug-likeness (QED) is 0.830. The first-order valence-electron chi connectivity index (χ1n) is 6.97. The topological polar surface area (TPSA) is 44.5 Å². The van der Waals surface area contributed by atoms with Gasteiger partial charge in [-0.1, -0.05) is 28.1 Å². The van der Waals surface area contributed by atoms with Gasteiger partial charge in [-0.15, -0.1) is 0 Å². The minimum absolute atomic E-state index is 0.616. The van der Waals surface area contributed by atoms with Crippen molar-refractivity contribution in [1.82, 2.24) is 0 Å². The maximum atomic E-state index is 5.90. The minimum Gasteiger partial charge on any atom is -0.497 e. The van der Waals surface area contributed by atoms with Gasteiger partial charge in [0.25, 0.3) is 0 Å². The molecule has 0 aliphatic carbocycles. The van der Waals surface area contributed by atoms with Gasteiger partial charge in [0, 0.05) is 10.9 Å². The molecule has 0 aliphatic heterocycles. The van der Waals surface area contributed by atoms with E-state index in [1.165, 1.54) is 5.56 Å². The van der Waals surface area contributed by atoms with Crippen LogP contribution in [0.5, 0.6) is 11.5 Å². The molecule has 2 N–H and O–H groups in total. The molecule has 0 radical (unpaired) electrons. The predicted molar refractivity (Wildman–Crippen MR) is 89.1 cm³/mol. The van der Waals surface area contributed by atoms with Crippen LogP contribution in [0.15, 0.2) is 46.9 Å². The molecule has 0 heterocycles. The summed E-state index contributed by atoms with van der Waals surface area (Å²) in [6.07, 6.45) is 1.68. The zero-order valence-electron chi connectivity index (χ0n) is 12.1. The molecule has 2 rings (SSSR count). The van der Waals surface area contributed by atoms with Gasteiger partial charge in [-0.2, -0.15) is 0 Å². The summed E-state index contributed by atoms with van der Waals surface area (Å²) >= 11 is 3.48. The molecule has 0 atom stereocenters. The van der Waals surface area contributed by atoms with Crippen molar-refractivity contribution in [2.75, 3.05) is 20.3 Å². The predicted octanol–water partition coefficient (Wildman–Crippen LogP) is 3.58. The molecule has 0 saturated carbocycles. The van der Waals surface area contributed by atoms with Crippen LogP contribution in [0.1, 0.15) is 11.1 Å². The molecule has 2 aromatic carbocycles. The van der Waals surface area contributed by atoms with Crippen molar-refractivity contribution in [3.05, 3.63) is 58.1 Å². The van der Waals surface area contributed by atoms with E-state index >= 15 is 0 Å². The minimum atomic E-state index is 0.616. The van der Waals surface area contributed by atoms with Gasteiger partial charge in [-0.05, 0) is 54.4 Å². The molecular formula is C17H20BrNO2. The number of methoxy groups -OCH3 is 1. The molecule has 0 aliphatic rings. The van der Waals surface area contributed by atoms with Crippen molar-refractivity contribution in [2.24, 2.45) is 5.73 Å². The van der Waals surface area contributed by atoms with Crippen LogP contribution in [-0.2, 0) is 12.8 Å². The van der Waals surface area contributed by atoms with Gasteiger partial charge in [-0.3, -0.25) is 0 Å². The summed E-state index contributed by atoms with van der Waals surface area (Å²) in [5, 5.41) is 0. The molecular weight excluding hydrogens is 330 g/mol. The first-order valence-corrected chi connectivity index (χ1v) is 7.76. The summed E-state index contributed by atoms with van der Waals surface area (Å²) in [6, 6.07) is 14.1. The average molecular weight is 350 g/mol. The number of ether oxygens (including phenoxy) is 2. The summed E-state index contributed by atoms with van der Waals surface area (Å²) in [5.41, 5.74) is 8.01. The lowest BCUT2D eigenvalue weighted by Crippen LogP contribution is -2.07. The summed E-state index contributed by atoms with van der Waals surface area (Å²) in [4.78, 5) is 0. The summed E-state index contributed by atoms with van der Waals surface area (Å²) in [6.45, 7) is 1.26. The SMILES string of the molecule is COc1ccc(CCOc2ccc(Br)cc2CCN)cc1. The first-order chi connectivity index (χ1) is 10.2. The molecule has 0 bridgehead atoms. The van der Waals surface area contributed by atoms with Gasteiger partial charge < -0.3 is 15.2 Å². The number of rotatable bonds is 7. The second-order valence-electron chi connectivity index (χ2n) is 4.74. The second kappa shape index (κ2) is 8.05. The van der Waals surface area contributed by atoms with Crippen LogP contribution < -0.4 is 15.2 Å². The van der Waals surface area contributed by atoms with Crippen molar-refractivity contribution >= 4 is 15.9 Å². The van der Waals surface area contributed by atoms with E-state index < -0.39 is 0 Å². The molecule has 0 unspecified atom stereocenters. The lowest BCUT2D eigenvalue weighted by molar-refractivity contribution is 0.318. The van der Waals surface area contributed by atoms with E-state index in [0.29, 0.717) is 13.2 Å². The fourth-order valence-corrected chi connectivity index (χ4v) is 2.52. The zero-order valence-corrected chi connectivity index (χ0v) is 13.7. The number of hydrogen-bond acceptors (Lipinski definition) is 3. The van der Waals surface area contributed by atoms with E-state index in [1.807, 2.05) is 24.3 Å². The fraction of sp³-hybridized carbons (Fsp3) is 0.294. The Morgan fingerprint density at radius 1 is 1.05 bits per heavy atom. The Labute approximate surface area is 134 Å². The van der Waals surface area contributed by atoms with Crippen LogP contribution in [0.3, 0.4) is 0 Å². The largest absolute Gasteiger partial charge is 0.497 e. The van der Waals surface area contributed by atoms with Gasteiger partial charge >= 0.3 is 0 Å². The van der Waals surface area contributed by atoms with Crippen LogP contribution in [0.4, 0.5) is 0 Å². The van der Waals surface area contributed by atoms with Crippen molar-refractivity contribution < 1.29 is 9.47 Å². The number of benzene rings is 2. The molecule has 4 heteroatoms. The number of hydrogen-bond donors (Lipinski definition) is 1. The van der Waals surface area contributed by atoms with Crippen molar-refractivity contribution in [2.45, 2.75) is 12.8 Å². The van der Waals surface area contributed by atoms with Gasteiger partial charge in [0.1, 0.15) is 11.5 Å². The van der Waals surface area contributed by atoms with E-state index in [2.05, 4.69) is 34.1 Å². The molecule has 2 aromatic rings. The van der Waals surface area contributed by atoms with Crippen molar-refractivity contribution in [1.29, 1.82) is 0 Å². The molecule has 3 nitrogen and oxygen atoms in total. The highest BCUT2D eigenvalue weighted by molar-refractivity contribution is 9.10. The highest BCUT2D eigenvalue weighted by Gasteiger charge is 2.04. The Balaban J connectivity index is 1.93. The summed E-state index contributed by atoms with van der Waals surface area (Å²) < 4.78 is 12.1. The van der Waals surface area contributed by atoms with Crippen molar-refractivity contribution in [3.8, 4) is 11.5 Å². The van der Waals surface area contributed by atoms with Gasteiger partial charge in [0.15, 0.2) is 0 Å². The van der Waals surface area contributed by atoms with Gasteiger partial charge in [0.2, 0.25) is 0 Å². The average Bonchev–Trinajstić information content (AvgIpc) is 2.50. The van der Waals surface area contributed by atoms with Crippen LogP contribution in [0.2, 0.25) is 0 Å². The standard InChI is InChI=1S/C17H20BrNO2/c1-20-16-5-2-13(3-6-16)9-11-21-17-7-4-15(18)12-14(17)8-10-19/h2-7,12H,8-11,19H2,1H3. The highest BCUT2D eigenvalue weighted by atomic mass is 79.9. The molecule has 0 spiro atoms. The normalized spacial score (nSPS) is 10.4. The third-order valence-corrected chi connectivity index (χ3v) is 3.74. The monoisotopic (exact) mass is 349 g/mol.